The van der Waals surface area contributed by atoms with Crippen molar-refractivity contribution in [1.29, 1.82) is 0 Å². The Kier molecular flexibility index (Phi) is 5.44. The molecule has 1 aromatic rings. The number of hydrogen-bond donors (Lipinski definition) is 1. The van der Waals surface area contributed by atoms with Crippen molar-refractivity contribution in [2.75, 3.05) is 25.1 Å². The Hall–Kier alpha value is -1.76. The summed E-state index contributed by atoms with van der Waals surface area (Å²) in [7, 11) is 1.31. The van der Waals surface area contributed by atoms with Gasteiger partial charge < -0.3 is 15.4 Å². The summed E-state index contributed by atoms with van der Waals surface area (Å²) in [4.78, 5) is 21.9. The van der Waals surface area contributed by atoms with Crippen molar-refractivity contribution >= 4 is 29.0 Å². The second-order valence-corrected chi connectivity index (χ2v) is 4.07. The fraction of sp³-hybridized carbons (Fsp3) is 0.455. The summed E-state index contributed by atoms with van der Waals surface area (Å²) in [5, 5.41) is 0. The minimum atomic E-state index is -0.505. The van der Waals surface area contributed by atoms with E-state index in [2.05, 4.69) is 14.7 Å². The van der Waals surface area contributed by atoms with Gasteiger partial charge in [0.1, 0.15) is 5.82 Å². The summed E-state index contributed by atoms with van der Waals surface area (Å²) in [6.07, 6.45) is 3.56. The van der Waals surface area contributed by atoms with Crippen LogP contribution in [0.5, 0.6) is 0 Å². The van der Waals surface area contributed by atoms with E-state index in [1.165, 1.54) is 13.3 Å². The Labute approximate surface area is 111 Å². The van der Waals surface area contributed by atoms with Crippen LogP contribution in [0, 0.1) is 0 Å². The van der Waals surface area contributed by atoms with E-state index in [9.17, 15) is 4.79 Å². The molecule has 0 aliphatic heterocycles. The van der Waals surface area contributed by atoms with Gasteiger partial charge in [-0.15, -0.1) is 0 Å². The molecule has 0 spiro atoms. The van der Waals surface area contributed by atoms with E-state index in [0.29, 0.717) is 23.8 Å². The standard InChI is InChI=1S/C11H16N4O2S/c1-3-15(5-4-9(12)18)10-7-13-6-8(14-10)11(16)17-2/h6-7H,3-5H2,1-2H3,(H2,12,18). The topological polar surface area (TPSA) is 81.3 Å². The normalized spacial score (nSPS) is 9.89. The van der Waals surface area contributed by atoms with E-state index in [1.54, 1.807) is 6.20 Å². The first-order valence-corrected chi connectivity index (χ1v) is 5.93. The molecule has 2 N–H and O–H groups in total. The number of aromatic nitrogens is 2. The van der Waals surface area contributed by atoms with Gasteiger partial charge >= 0.3 is 5.97 Å². The van der Waals surface area contributed by atoms with Crippen molar-refractivity contribution in [3.05, 3.63) is 18.1 Å². The molecule has 1 heterocycles. The number of nitrogens with two attached hydrogens (primary N) is 1. The SMILES string of the molecule is CCN(CCC(N)=S)c1cncc(C(=O)OC)n1. The molecule has 7 heteroatoms. The number of thiocarbonyl (C=S) groups is 1. The van der Waals surface area contributed by atoms with Gasteiger partial charge in [-0.3, -0.25) is 4.98 Å². The molecule has 0 fully saturated rings. The van der Waals surface area contributed by atoms with Gasteiger partial charge in [0, 0.05) is 19.5 Å². The lowest BCUT2D eigenvalue weighted by molar-refractivity contribution is 0.0593. The number of rotatable bonds is 6. The molecule has 0 atom stereocenters. The van der Waals surface area contributed by atoms with E-state index < -0.39 is 5.97 Å². The first-order chi connectivity index (χ1) is 8.58. The predicted molar refractivity (Wildman–Crippen MR) is 72.7 cm³/mol. The van der Waals surface area contributed by atoms with Gasteiger partial charge in [0.2, 0.25) is 0 Å². The zero-order valence-electron chi connectivity index (χ0n) is 10.4. The van der Waals surface area contributed by atoms with Crippen LogP contribution in [0.4, 0.5) is 5.82 Å². The number of methoxy groups -OCH3 is 1. The number of hydrogen-bond acceptors (Lipinski definition) is 6. The van der Waals surface area contributed by atoms with Crippen LogP contribution in [-0.2, 0) is 4.74 Å². The van der Waals surface area contributed by atoms with Crippen molar-refractivity contribution in [2.45, 2.75) is 13.3 Å². The van der Waals surface area contributed by atoms with Crippen molar-refractivity contribution in [3.63, 3.8) is 0 Å². The highest BCUT2D eigenvalue weighted by molar-refractivity contribution is 7.80. The molecule has 1 aromatic heterocycles. The predicted octanol–water partition coefficient (Wildman–Crippen LogP) is 0.766. The lowest BCUT2D eigenvalue weighted by atomic mass is 10.3. The van der Waals surface area contributed by atoms with E-state index >= 15 is 0 Å². The Morgan fingerprint density at radius 1 is 1.56 bits per heavy atom. The summed E-state index contributed by atoms with van der Waals surface area (Å²) in [5.41, 5.74) is 5.65. The average molecular weight is 268 g/mol. The number of nitrogens with zero attached hydrogens (tertiary/aromatic N) is 3. The minimum Gasteiger partial charge on any atom is -0.464 e. The van der Waals surface area contributed by atoms with Gasteiger partial charge in [-0.2, -0.15) is 0 Å². The molecule has 98 valence electrons. The van der Waals surface area contributed by atoms with Gasteiger partial charge in [-0.25, -0.2) is 9.78 Å². The summed E-state index contributed by atoms with van der Waals surface area (Å²) < 4.78 is 4.60. The average Bonchev–Trinajstić information content (AvgIpc) is 2.38. The molecule has 0 saturated heterocycles. The van der Waals surface area contributed by atoms with Gasteiger partial charge in [-0.1, -0.05) is 12.2 Å². The van der Waals surface area contributed by atoms with Crippen LogP contribution in [0.2, 0.25) is 0 Å². The molecule has 0 aliphatic carbocycles. The maximum absolute atomic E-state index is 11.4. The van der Waals surface area contributed by atoms with Gasteiger partial charge in [0.05, 0.1) is 24.5 Å². The Bertz CT molecular complexity index is 439. The summed E-state index contributed by atoms with van der Waals surface area (Å²) in [6, 6.07) is 0. The fourth-order valence-corrected chi connectivity index (χ4v) is 1.48. The summed E-state index contributed by atoms with van der Waals surface area (Å²) in [5.74, 6) is 0.103. The molecule has 1 rings (SSSR count). The van der Waals surface area contributed by atoms with E-state index in [-0.39, 0.29) is 5.69 Å². The van der Waals surface area contributed by atoms with E-state index in [0.717, 1.165) is 6.54 Å². The van der Waals surface area contributed by atoms with Crippen molar-refractivity contribution < 1.29 is 9.53 Å². The Balaban J connectivity index is 2.85. The molecule has 0 amide bonds. The van der Waals surface area contributed by atoms with Gasteiger partial charge in [0.15, 0.2) is 5.69 Å². The molecular weight excluding hydrogens is 252 g/mol. The largest absolute Gasteiger partial charge is 0.464 e. The quantitative estimate of drug-likeness (QED) is 0.602. The highest BCUT2D eigenvalue weighted by atomic mass is 32.1. The van der Waals surface area contributed by atoms with Crippen molar-refractivity contribution in [1.82, 2.24) is 9.97 Å². The van der Waals surface area contributed by atoms with Gasteiger partial charge in [0.25, 0.3) is 0 Å². The zero-order valence-corrected chi connectivity index (χ0v) is 11.2. The third kappa shape index (κ3) is 3.92. The minimum absolute atomic E-state index is 0.184. The number of ether oxygens (including phenoxy) is 1. The maximum atomic E-state index is 11.4. The number of carbonyl (C=O) groups is 1. The molecule has 18 heavy (non-hydrogen) atoms. The number of anilines is 1. The highest BCUT2D eigenvalue weighted by Crippen LogP contribution is 2.10. The molecule has 6 nitrogen and oxygen atoms in total. The van der Waals surface area contributed by atoms with E-state index in [4.69, 9.17) is 18.0 Å². The van der Waals surface area contributed by atoms with Crippen LogP contribution in [0.25, 0.3) is 0 Å². The Morgan fingerprint density at radius 2 is 2.28 bits per heavy atom. The second kappa shape index (κ2) is 6.85. The van der Waals surface area contributed by atoms with Gasteiger partial charge in [-0.05, 0) is 6.92 Å². The molecule has 0 bridgehead atoms. The first-order valence-electron chi connectivity index (χ1n) is 5.52. The smallest absolute Gasteiger partial charge is 0.358 e. The summed E-state index contributed by atoms with van der Waals surface area (Å²) in [6.45, 7) is 3.35. The lowest BCUT2D eigenvalue weighted by Crippen LogP contribution is -2.28. The van der Waals surface area contributed by atoms with Crippen LogP contribution in [0.1, 0.15) is 23.8 Å². The second-order valence-electron chi connectivity index (χ2n) is 3.55. The number of esters is 1. The molecule has 0 radical (unpaired) electrons. The van der Waals surface area contributed by atoms with Crippen LogP contribution in [-0.4, -0.2) is 41.1 Å². The maximum Gasteiger partial charge on any atom is 0.358 e. The first kappa shape index (κ1) is 14.3. The molecule has 0 saturated carbocycles. The number of carbonyl (C=O) groups excluding carboxylic acids is 1. The summed E-state index contributed by atoms with van der Waals surface area (Å²) >= 11 is 4.84. The molecule has 0 unspecified atom stereocenters. The lowest BCUT2D eigenvalue weighted by Gasteiger charge is -2.21. The Morgan fingerprint density at radius 3 is 2.83 bits per heavy atom. The zero-order chi connectivity index (χ0) is 13.5. The van der Waals surface area contributed by atoms with Crippen LogP contribution < -0.4 is 10.6 Å². The fourth-order valence-electron chi connectivity index (χ4n) is 1.39. The third-order valence-electron chi connectivity index (χ3n) is 2.35. The monoisotopic (exact) mass is 268 g/mol. The van der Waals surface area contributed by atoms with Crippen molar-refractivity contribution in [2.24, 2.45) is 5.73 Å². The molecule has 0 aliphatic rings. The highest BCUT2D eigenvalue weighted by Gasteiger charge is 2.12. The van der Waals surface area contributed by atoms with Crippen LogP contribution in [0.3, 0.4) is 0 Å². The third-order valence-corrected chi connectivity index (χ3v) is 2.55. The van der Waals surface area contributed by atoms with Crippen LogP contribution >= 0.6 is 12.2 Å². The van der Waals surface area contributed by atoms with E-state index in [1.807, 2.05) is 11.8 Å². The molecular formula is C11H16N4O2S. The molecule has 0 aromatic carbocycles. The van der Waals surface area contributed by atoms with Crippen molar-refractivity contribution in [3.8, 4) is 0 Å². The van der Waals surface area contributed by atoms with Crippen LogP contribution in [0.15, 0.2) is 12.4 Å².